The predicted molar refractivity (Wildman–Crippen MR) is 98.6 cm³/mol. The fourth-order valence-electron chi connectivity index (χ4n) is 2.86. The van der Waals surface area contributed by atoms with Crippen molar-refractivity contribution in [3.05, 3.63) is 102 Å². The molecule has 3 aromatic carbocycles. The molecule has 3 rings (SSSR count). The largest absolute Gasteiger partial charge is 0.380 e. The molecular weight excluding hydrogens is 302 g/mol. The molecule has 0 aromatic heterocycles. The first-order valence-electron chi connectivity index (χ1n) is 7.55. The number of rotatable bonds is 5. The molecule has 0 aliphatic heterocycles. The van der Waals surface area contributed by atoms with E-state index in [1.807, 2.05) is 84.9 Å². The maximum absolute atomic E-state index is 11.6. The van der Waals surface area contributed by atoms with Crippen molar-refractivity contribution >= 4 is 18.5 Å². The van der Waals surface area contributed by atoms with E-state index in [9.17, 15) is 5.11 Å². The van der Waals surface area contributed by atoms with Crippen molar-refractivity contribution in [3.8, 4) is 0 Å². The van der Waals surface area contributed by atoms with Crippen molar-refractivity contribution < 1.29 is 5.11 Å². The third kappa shape index (κ3) is 3.26. The molecular formula is C20H19NOS. The second kappa shape index (κ2) is 6.90. The van der Waals surface area contributed by atoms with Crippen molar-refractivity contribution in [1.82, 2.24) is 0 Å². The summed E-state index contributed by atoms with van der Waals surface area (Å²) in [4.78, 5) is 0. The van der Waals surface area contributed by atoms with Crippen molar-refractivity contribution in [2.24, 2.45) is 0 Å². The number of thiol groups is 1. The number of hydrogen-bond acceptors (Lipinski definition) is 3. The Hall–Kier alpha value is -2.23. The van der Waals surface area contributed by atoms with Gasteiger partial charge in [-0.3, -0.25) is 0 Å². The zero-order chi connectivity index (χ0) is 16.1. The van der Waals surface area contributed by atoms with Gasteiger partial charge in [-0.15, -0.1) is 0 Å². The van der Waals surface area contributed by atoms with E-state index in [0.717, 1.165) is 22.4 Å². The number of benzene rings is 3. The molecule has 0 fully saturated rings. The van der Waals surface area contributed by atoms with Crippen LogP contribution in [0.4, 0.5) is 5.69 Å². The third-order valence-electron chi connectivity index (χ3n) is 4.09. The smallest absolute Gasteiger partial charge is 0.119 e. The summed E-state index contributed by atoms with van der Waals surface area (Å²) in [5.74, 6) is 0. The van der Waals surface area contributed by atoms with Crippen LogP contribution in [0.15, 0.2) is 84.9 Å². The topological polar surface area (TPSA) is 32.3 Å². The predicted octanol–water partition coefficient (Wildman–Crippen LogP) is 4.42. The van der Waals surface area contributed by atoms with Gasteiger partial charge in [-0.1, -0.05) is 91.7 Å². The van der Waals surface area contributed by atoms with Crippen LogP contribution in [0.1, 0.15) is 16.7 Å². The normalized spacial score (nSPS) is 11.2. The monoisotopic (exact) mass is 321 g/mol. The lowest BCUT2D eigenvalue weighted by Crippen LogP contribution is -2.30. The van der Waals surface area contributed by atoms with Gasteiger partial charge in [0.2, 0.25) is 0 Å². The van der Waals surface area contributed by atoms with E-state index < -0.39 is 5.60 Å². The molecule has 23 heavy (non-hydrogen) atoms. The van der Waals surface area contributed by atoms with Crippen molar-refractivity contribution in [2.75, 3.05) is 4.72 Å². The Bertz CT molecular complexity index is 719. The SMILES string of the molecule is OC(Cc1ccccc1NS)(c1ccccc1)c1ccccc1. The van der Waals surface area contributed by atoms with Gasteiger partial charge < -0.3 is 9.83 Å². The van der Waals surface area contributed by atoms with Crippen LogP contribution in [0.3, 0.4) is 0 Å². The highest BCUT2D eigenvalue weighted by Gasteiger charge is 2.32. The number of hydrogen-bond donors (Lipinski definition) is 3. The zero-order valence-corrected chi connectivity index (χ0v) is 13.6. The van der Waals surface area contributed by atoms with Crippen LogP contribution in [0.25, 0.3) is 0 Å². The van der Waals surface area contributed by atoms with Gasteiger partial charge in [-0.05, 0) is 22.8 Å². The highest BCUT2D eigenvalue weighted by Crippen LogP contribution is 2.35. The van der Waals surface area contributed by atoms with Crippen LogP contribution in [-0.2, 0) is 12.0 Å². The average molecular weight is 321 g/mol. The Morgan fingerprint density at radius 1 is 0.739 bits per heavy atom. The maximum Gasteiger partial charge on any atom is 0.119 e. The van der Waals surface area contributed by atoms with Crippen molar-refractivity contribution in [3.63, 3.8) is 0 Å². The standard InChI is InChI=1S/C20H19NOS/c22-20(17-10-3-1-4-11-17,18-12-5-2-6-13-18)15-16-9-7-8-14-19(16)21-23/h1-14,21-23H,15H2. The second-order valence-corrected chi connectivity index (χ2v) is 5.76. The van der Waals surface area contributed by atoms with Crippen LogP contribution in [-0.4, -0.2) is 5.11 Å². The molecule has 0 unspecified atom stereocenters. The first kappa shape index (κ1) is 15.7. The molecule has 3 aromatic rings. The van der Waals surface area contributed by atoms with E-state index in [0.29, 0.717) is 6.42 Å². The minimum absolute atomic E-state index is 0.463. The molecule has 116 valence electrons. The molecule has 2 nitrogen and oxygen atoms in total. The minimum Gasteiger partial charge on any atom is -0.380 e. The van der Waals surface area contributed by atoms with E-state index in [-0.39, 0.29) is 0 Å². The van der Waals surface area contributed by atoms with Crippen molar-refractivity contribution in [2.45, 2.75) is 12.0 Å². The number of anilines is 1. The maximum atomic E-state index is 11.6. The van der Waals surface area contributed by atoms with Crippen LogP contribution in [0.5, 0.6) is 0 Å². The Labute approximate surface area is 142 Å². The van der Waals surface area contributed by atoms with E-state index >= 15 is 0 Å². The highest BCUT2D eigenvalue weighted by molar-refractivity contribution is 7.81. The van der Waals surface area contributed by atoms with Crippen LogP contribution in [0.2, 0.25) is 0 Å². The summed E-state index contributed by atoms with van der Waals surface area (Å²) < 4.78 is 2.90. The fourth-order valence-corrected chi connectivity index (χ4v) is 3.08. The van der Waals surface area contributed by atoms with Crippen LogP contribution >= 0.6 is 12.8 Å². The molecule has 3 heteroatoms. The first-order valence-corrected chi connectivity index (χ1v) is 8.00. The minimum atomic E-state index is -1.09. The summed E-state index contributed by atoms with van der Waals surface area (Å²) >= 11 is 4.17. The van der Waals surface area contributed by atoms with E-state index in [2.05, 4.69) is 17.5 Å². The van der Waals surface area contributed by atoms with Gasteiger partial charge in [0.1, 0.15) is 5.60 Å². The lowest BCUT2D eigenvalue weighted by Gasteiger charge is -2.30. The van der Waals surface area contributed by atoms with Crippen LogP contribution < -0.4 is 4.72 Å². The van der Waals surface area contributed by atoms with Crippen LogP contribution in [0, 0.1) is 0 Å². The number of aliphatic hydroxyl groups is 1. The van der Waals surface area contributed by atoms with Gasteiger partial charge in [-0.25, -0.2) is 0 Å². The summed E-state index contributed by atoms with van der Waals surface area (Å²) in [5, 5.41) is 11.6. The molecule has 0 heterocycles. The molecule has 0 saturated carbocycles. The molecule has 0 aliphatic rings. The molecule has 0 amide bonds. The Morgan fingerprint density at radius 3 is 1.74 bits per heavy atom. The molecule has 0 saturated heterocycles. The van der Waals surface area contributed by atoms with Gasteiger partial charge >= 0.3 is 0 Å². The number of nitrogens with one attached hydrogen (secondary N) is 1. The summed E-state index contributed by atoms with van der Waals surface area (Å²) in [6.07, 6.45) is 0.463. The van der Waals surface area contributed by atoms with Gasteiger partial charge in [0, 0.05) is 12.1 Å². The Morgan fingerprint density at radius 2 is 1.22 bits per heavy atom. The van der Waals surface area contributed by atoms with E-state index in [1.165, 1.54) is 0 Å². The molecule has 0 radical (unpaired) electrons. The Balaban J connectivity index is 2.10. The highest BCUT2D eigenvalue weighted by atomic mass is 32.1. The molecule has 0 atom stereocenters. The second-order valence-electron chi connectivity index (χ2n) is 5.54. The number of para-hydroxylation sites is 1. The fraction of sp³-hybridized carbons (Fsp3) is 0.100. The van der Waals surface area contributed by atoms with Gasteiger partial charge in [0.05, 0.1) is 0 Å². The van der Waals surface area contributed by atoms with Gasteiger partial charge in [0.15, 0.2) is 0 Å². The van der Waals surface area contributed by atoms with Crippen molar-refractivity contribution in [1.29, 1.82) is 0 Å². The summed E-state index contributed by atoms with van der Waals surface area (Å²) in [6, 6.07) is 27.5. The van der Waals surface area contributed by atoms with Gasteiger partial charge in [-0.2, -0.15) is 0 Å². The molecule has 2 N–H and O–H groups in total. The summed E-state index contributed by atoms with van der Waals surface area (Å²) in [7, 11) is 0. The molecule has 0 bridgehead atoms. The summed E-state index contributed by atoms with van der Waals surface area (Å²) in [6.45, 7) is 0. The summed E-state index contributed by atoms with van der Waals surface area (Å²) in [5.41, 5.74) is 2.57. The average Bonchev–Trinajstić information content (AvgIpc) is 2.63. The quantitative estimate of drug-likeness (QED) is 0.608. The molecule has 0 aliphatic carbocycles. The first-order chi connectivity index (χ1) is 11.2. The van der Waals surface area contributed by atoms with Gasteiger partial charge in [0.25, 0.3) is 0 Å². The zero-order valence-electron chi connectivity index (χ0n) is 12.7. The lowest BCUT2D eigenvalue weighted by molar-refractivity contribution is 0.0813. The lowest BCUT2D eigenvalue weighted by atomic mass is 9.81. The van der Waals surface area contributed by atoms with E-state index in [4.69, 9.17) is 0 Å². The molecule has 0 spiro atoms. The Kier molecular flexibility index (Phi) is 4.70. The van der Waals surface area contributed by atoms with E-state index in [1.54, 1.807) is 0 Å². The third-order valence-corrected chi connectivity index (χ3v) is 4.33.